The van der Waals surface area contributed by atoms with Gasteiger partial charge in [-0.05, 0) is 13.8 Å². The minimum atomic E-state index is -0.844. The molecule has 0 aromatic carbocycles. The molecule has 1 atom stereocenters. The van der Waals surface area contributed by atoms with Crippen LogP contribution < -0.4 is 0 Å². The van der Waals surface area contributed by atoms with Crippen LogP contribution in [0.1, 0.15) is 13.8 Å². The van der Waals surface area contributed by atoms with Crippen LogP contribution in [0.4, 0.5) is 0 Å². The Morgan fingerprint density at radius 3 is 2.08 bits per heavy atom. The van der Waals surface area contributed by atoms with Crippen molar-refractivity contribution in [2.24, 2.45) is 4.99 Å². The maximum absolute atomic E-state index is 10.1. The molecule has 0 bridgehead atoms. The van der Waals surface area contributed by atoms with Crippen LogP contribution in [0.3, 0.4) is 0 Å². The highest BCUT2D eigenvalue weighted by Gasteiger charge is 2.41. The van der Waals surface area contributed by atoms with Gasteiger partial charge in [-0.25, -0.2) is 4.79 Å². The van der Waals surface area contributed by atoms with Gasteiger partial charge in [0.1, 0.15) is 5.60 Å². The first-order valence-electron chi connectivity index (χ1n) is 3.63. The van der Waals surface area contributed by atoms with E-state index >= 15 is 0 Å². The van der Waals surface area contributed by atoms with Crippen LogP contribution in [-0.2, 0) is 14.3 Å². The zero-order valence-corrected chi connectivity index (χ0v) is 10.2. The highest BCUT2D eigenvalue weighted by atomic mass is 28.1. The van der Waals surface area contributed by atoms with Gasteiger partial charge in [0.05, 0.1) is 10.2 Å². The maximum atomic E-state index is 10.1. The van der Waals surface area contributed by atoms with Gasteiger partial charge in [-0.15, -0.1) is 0 Å². The molecule has 0 aliphatic rings. The van der Waals surface area contributed by atoms with Gasteiger partial charge in [-0.2, -0.15) is 4.99 Å². The Balaban J connectivity index is 4.85. The molecule has 0 rings (SSSR count). The molecule has 5 heteroatoms. The summed E-state index contributed by atoms with van der Waals surface area (Å²) in [5, 5.41) is -0.844. The molecule has 0 radical (unpaired) electrons. The van der Waals surface area contributed by atoms with Gasteiger partial charge >= 0.3 is 0 Å². The molecule has 0 heterocycles. The molecule has 12 heavy (non-hydrogen) atoms. The van der Waals surface area contributed by atoms with Gasteiger partial charge in [0, 0.05) is 14.2 Å². The maximum Gasteiger partial charge on any atom is 0.237 e. The number of isocyanates is 1. The molecule has 1 unspecified atom stereocenters. The SMILES string of the molecule is COC(C)(C)C([SiH3])(N=C=O)OC. The number of rotatable bonds is 4. The first-order valence-corrected chi connectivity index (χ1v) is 4.63. The summed E-state index contributed by atoms with van der Waals surface area (Å²) in [6.45, 7) is 3.65. The molecule has 0 fully saturated rings. The zero-order valence-electron chi connectivity index (χ0n) is 8.17. The predicted octanol–water partition coefficient (Wildman–Crippen LogP) is -0.587. The summed E-state index contributed by atoms with van der Waals surface area (Å²) in [6, 6.07) is 0. The molecule has 4 nitrogen and oxygen atoms in total. The van der Waals surface area contributed by atoms with E-state index in [0.29, 0.717) is 10.2 Å². The fraction of sp³-hybridized carbons (Fsp3) is 0.857. The van der Waals surface area contributed by atoms with Gasteiger partial charge in [0.15, 0.2) is 5.35 Å². The number of methoxy groups -OCH3 is 2. The first-order chi connectivity index (χ1) is 5.43. The fourth-order valence-corrected chi connectivity index (χ4v) is 0.998. The van der Waals surface area contributed by atoms with Crippen molar-refractivity contribution in [3.8, 4) is 0 Å². The number of aliphatic imine (C=N–C) groups is 1. The largest absolute Gasteiger partial charge is 0.374 e. The molecule has 0 saturated heterocycles. The average Bonchev–Trinajstić information content (AvgIpc) is 2.04. The van der Waals surface area contributed by atoms with Gasteiger partial charge in [-0.3, -0.25) is 0 Å². The van der Waals surface area contributed by atoms with E-state index in [1.807, 2.05) is 13.8 Å². The number of ether oxygens (including phenoxy) is 2. The minimum Gasteiger partial charge on any atom is -0.374 e. The van der Waals surface area contributed by atoms with Crippen molar-refractivity contribution in [3.63, 3.8) is 0 Å². The van der Waals surface area contributed by atoms with Crippen LogP contribution in [0, 0.1) is 0 Å². The Labute approximate surface area is 75.4 Å². The summed E-state index contributed by atoms with van der Waals surface area (Å²) >= 11 is 0. The van der Waals surface area contributed by atoms with Crippen molar-refractivity contribution in [2.45, 2.75) is 24.8 Å². The van der Waals surface area contributed by atoms with E-state index in [0.717, 1.165) is 0 Å². The molecule has 0 aliphatic carbocycles. The van der Waals surface area contributed by atoms with Crippen molar-refractivity contribution in [1.29, 1.82) is 0 Å². The van der Waals surface area contributed by atoms with Crippen LogP contribution in [-0.4, -0.2) is 41.5 Å². The van der Waals surface area contributed by atoms with Gasteiger partial charge in [0.2, 0.25) is 6.08 Å². The van der Waals surface area contributed by atoms with Crippen LogP contribution in [0.2, 0.25) is 0 Å². The smallest absolute Gasteiger partial charge is 0.237 e. The number of carbonyl (C=O) groups excluding carboxylic acids is 1. The molecule has 0 saturated carbocycles. The molecular weight excluding hydrogens is 174 g/mol. The summed E-state index contributed by atoms with van der Waals surface area (Å²) in [5.41, 5.74) is -0.592. The summed E-state index contributed by atoms with van der Waals surface area (Å²) < 4.78 is 10.3. The number of nitrogens with zero attached hydrogens (tertiary/aromatic N) is 1. The topological polar surface area (TPSA) is 47.9 Å². The Kier molecular flexibility index (Phi) is 3.80. The lowest BCUT2D eigenvalue weighted by molar-refractivity contribution is -0.116. The third-order valence-corrected chi connectivity index (χ3v) is 4.12. The summed E-state index contributed by atoms with van der Waals surface area (Å²) in [5.74, 6) is 0. The van der Waals surface area contributed by atoms with E-state index in [2.05, 4.69) is 4.99 Å². The van der Waals surface area contributed by atoms with Crippen LogP contribution in [0.15, 0.2) is 4.99 Å². The van der Waals surface area contributed by atoms with Gasteiger partial charge in [0.25, 0.3) is 0 Å². The monoisotopic (exact) mass is 189 g/mol. The first kappa shape index (κ1) is 11.5. The minimum absolute atomic E-state index is 0.570. The summed E-state index contributed by atoms with van der Waals surface area (Å²) in [6.07, 6.45) is 1.50. The third-order valence-electron chi connectivity index (χ3n) is 2.28. The van der Waals surface area contributed by atoms with E-state index in [1.54, 1.807) is 7.11 Å². The van der Waals surface area contributed by atoms with Crippen molar-refractivity contribution in [1.82, 2.24) is 0 Å². The Morgan fingerprint density at radius 1 is 1.33 bits per heavy atom. The van der Waals surface area contributed by atoms with E-state index in [-0.39, 0.29) is 0 Å². The summed E-state index contributed by atoms with van der Waals surface area (Å²) in [7, 11) is 3.64. The second kappa shape index (κ2) is 3.96. The lowest BCUT2D eigenvalue weighted by atomic mass is 10.1. The molecular formula is C7H15NO3Si. The van der Waals surface area contributed by atoms with Gasteiger partial charge in [-0.1, -0.05) is 0 Å². The lowest BCUT2D eigenvalue weighted by Crippen LogP contribution is -2.52. The fourth-order valence-electron chi connectivity index (χ4n) is 0.703. The van der Waals surface area contributed by atoms with Gasteiger partial charge < -0.3 is 9.47 Å². The van der Waals surface area contributed by atoms with Crippen molar-refractivity contribution in [2.75, 3.05) is 14.2 Å². The van der Waals surface area contributed by atoms with E-state index in [9.17, 15) is 4.79 Å². The molecule has 0 N–H and O–H groups in total. The Morgan fingerprint density at radius 2 is 1.83 bits per heavy atom. The second-order valence-corrected chi connectivity index (χ2v) is 4.46. The molecule has 0 spiro atoms. The highest BCUT2D eigenvalue weighted by Crippen LogP contribution is 2.26. The van der Waals surface area contributed by atoms with E-state index < -0.39 is 10.9 Å². The van der Waals surface area contributed by atoms with Crippen molar-refractivity contribution in [3.05, 3.63) is 0 Å². The highest BCUT2D eigenvalue weighted by molar-refractivity contribution is 6.15. The summed E-state index contributed by atoms with van der Waals surface area (Å²) in [4.78, 5) is 13.8. The normalized spacial score (nSPS) is 16.7. The van der Waals surface area contributed by atoms with Crippen LogP contribution >= 0.6 is 0 Å². The lowest BCUT2D eigenvalue weighted by Gasteiger charge is -2.37. The molecule has 0 aromatic rings. The predicted molar refractivity (Wildman–Crippen MR) is 48.9 cm³/mol. The van der Waals surface area contributed by atoms with Crippen LogP contribution in [0.25, 0.3) is 0 Å². The number of hydrogen-bond donors (Lipinski definition) is 0. The van der Waals surface area contributed by atoms with E-state index in [1.165, 1.54) is 13.2 Å². The van der Waals surface area contributed by atoms with Crippen LogP contribution in [0.5, 0.6) is 0 Å². The van der Waals surface area contributed by atoms with Crippen molar-refractivity contribution >= 4 is 16.3 Å². The quantitative estimate of drug-likeness (QED) is 0.337. The van der Waals surface area contributed by atoms with E-state index in [4.69, 9.17) is 9.47 Å². The third kappa shape index (κ3) is 2.01. The zero-order chi connectivity index (χ0) is 9.83. The Bertz CT molecular complexity index is 201. The molecule has 0 amide bonds. The standard InChI is InChI=1S/C7H15NO3Si/c1-6(2,10-3)7(12,11-4)8-5-9/h1-4,12H3. The number of hydrogen-bond acceptors (Lipinski definition) is 4. The Hall–Kier alpha value is -0.483. The molecule has 0 aliphatic heterocycles. The van der Waals surface area contributed by atoms with Crippen molar-refractivity contribution < 1.29 is 14.3 Å². The average molecular weight is 189 g/mol. The molecule has 70 valence electrons. The molecule has 0 aromatic heterocycles. The second-order valence-electron chi connectivity index (χ2n) is 3.10.